The van der Waals surface area contributed by atoms with Gasteiger partial charge in [0.1, 0.15) is 52.7 Å². The van der Waals surface area contributed by atoms with E-state index in [4.69, 9.17) is 0 Å². The third kappa shape index (κ3) is 7.92. The van der Waals surface area contributed by atoms with E-state index in [0.717, 1.165) is 6.54 Å². The highest BCUT2D eigenvalue weighted by atomic mass is 19.2. The molecule has 0 bridgehead atoms. The van der Waals surface area contributed by atoms with Gasteiger partial charge in [0.2, 0.25) is 5.69 Å². The number of halogens is 20. The highest BCUT2D eigenvalue weighted by molar-refractivity contribution is 7.20. The van der Waals surface area contributed by atoms with Crippen LogP contribution in [0.1, 0.15) is 22.3 Å². The first-order valence-corrected chi connectivity index (χ1v) is 18.7. The number of rotatable bonds is 7. The van der Waals surface area contributed by atoms with E-state index in [2.05, 4.69) is 92.2 Å². The first-order valence-electron chi connectivity index (χ1n) is 18.7. The van der Waals surface area contributed by atoms with Crippen LogP contribution in [0, 0.1) is 137 Å². The van der Waals surface area contributed by atoms with Crippen molar-refractivity contribution < 1.29 is 92.4 Å². The molecule has 1 heterocycles. The summed E-state index contributed by atoms with van der Waals surface area (Å²) in [4.78, 5) is 0. The summed E-state index contributed by atoms with van der Waals surface area (Å²) in [5.41, 5.74) is -6.38. The van der Waals surface area contributed by atoms with E-state index in [1.165, 1.54) is 33.5 Å². The molecule has 0 aliphatic heterocycles. The molecule has 0 saturated carbocycles. The fourth-order valence-electron chi connectivity index (χ4n) is 8.08. The largest absolute Gasteiger partial charge is 0.213 e. The SMILES string of the molecule is Cc1cc(C)c(-c2cccc[n+]2Cc2ccccc2)c(C)c1.Fc1c(F)c(F)c([B-](c2c(F)c(F)c(F)c(F)c2F)(c2c(F)c(F)c(F)c(F)c2F)c2c(F)c(F)c(F)c(F)c2F)c(F)c1F. The average molecular weight is 967 g/mol. The van der Waals surface area contributed by atoms with Crippen LogP contribution < -0.4 is 26.4 Å². The lowest BCUT2D eigenvalue weighted by Gasteiger charge is -2.44. The molecule has 350 valence electrons. The van der Waals surface area contributed by atoms with Crippen molar-refractivity contribution in [3.05, 3.63) is 205 Å². The van der Waals surface area contributed by atoms with Gasteiger partial charge in [-0.3, -0.25) is 0 Å². The first-order chi connectivity index (χ1) is 31.3. The molecule has 7 aromatic rings. The Morgan fingerprint density at radius 3 is 0.910 bits per heavy atom. The molecule has 6 aromatic carbocycles. The molecular formula is C45H22BF20N. The Balaban J connectivity index is 0.000000279. The van der Waals surface area contributed by atoms with Crippen LogP contribution in [0.4, 0.5) is 87.8 Å². The van der Waals surface area contributed by atoms with Gasteiger partial charge in [0.25, 0.3) is 0 Å². The van der Waals surface area contributed by atoms with Gasteiger partial charge in [0.15, 0.2) is 82.5 Å². The zero-order chi connectivity index (χ0) is 49.9. The summed E-state index contributed by atoms with van der Waals surface area (Å²) in [5.74, 6) is -71.4. The number of aryl methyl sites for hydroxylation is 3. The molecule has 0 aliphatic rings. The Hall–Kier alpha value is -6.87. The van der Waals surface area contributed by atoms with Gasteiger partial charge >= 0.3 is 0 Å². The van der Waals surface area contributed by atoms with Crippen molar-refractivity contribution in [3.8, 4) is 11.3 Å². The minimum Gasteiger partial charge on any atom is -0.207 e. The van der Waals surface area contributed by atoms with Crippen molar-refractivity contribution >= 4 is 28.0 Å². The average Bonchev–Trinajstić information content (AvgIpc) is 3.29. The lowest BCUT2D eigenvalue weighted by atomic mass is 9.12. The number of benzene rings is 6. The van der Waals surface area contributed by atoms with Crippen LogP contribution in [0.3, 0.4) is 0 Å². The Morgan fingerprint density at radius 1 is 0.343 bits per heavy atom. The van der Waals surface area contributed by atoms with Gasteiger partial charge in [-0.05, 0) is 38.0 Å². The molecule has 0 fully saturated rings. The van der Waals surface area contributed by atoms with Crippen LogP contribution >= 0.6 is 0 Å². The van der Waals surface area contributed by atoms with E-state index >= 15 is 35.1 Å². The van der Waals surface area contributed by atoms with Crippen LogP contribution in [-0.4, -0.2) is 6.15 Å². The second kappa shape index (κ2) is 18.4. The minimum absolute atomic E-state index is 0.893. The summed E-state index contributed by atoms with van der Waals surface area (Å²) in [5, 5.41) is 0. The molecule has 22 heteroatoms. The molecule has 0 atom stereocenters. The molecule has 0 unspecified atom stereocenters. The normalized spacial score (nSPS) is 11.6. The molecule has 0 radical (unpaired) electrons. The van der Waals surface area contributed by atoms with E-state index < -0.39 is 144 Å². The van der Waals surface area contributed by atoms with E-state index in [1.54, 1.807) is 0 Å². The summed E-state index contributed by atoms with van der Waals surface area (Å²) < 4.78 is 296. The molecule has 0 saturated heterocycles. The van der Waals surface area contributed by atoms with Crippen molar-refractivity contribution in [3.63, 3.8) is 0 Å². The minimum atomic E-state index is -7.22. The van der Waals surface area contributed by atoms with Crippen LogP contribution in [0.5, 0.6) is 0 Å². The Morgan fingerprint density at radius 2 is 0.612 bits per heavy atom. The molecule has 1 aromatic heterocycles. The maximum atomic E-state index is 15.4. The van der Waals surface area contributed by atoms with E-state index in [9.17, 15) is 52.7 Å². The van der Waals surface area contributed by atoms with Crippen LogP contribution in [0.2, 0.25) is 0 Å². The standard InChI is InChI=1S/C24BF20.C21H22N/c26-5-1(6(27)14(35)21(42)13(5)34)25(2-7(28)15(36)22(43)16(37)8(2)29,3-9(30)17(38)23(44)18(39)10(3)31)4-11(32)19(40)24(45)20(41)12(4)33;1-16-13-17(2)21(18(3)14-16)20-11-7-8-12-22(20)15-19-9-5-4-6-10-19/h;4-14H,15H2,1-3H3/q-1;+1. The Labute approximate surface area is 364 Å². The predicted octanol–water partition coefficient (Wildman–Crippen LogP) is 10.5. The first kappa shape index (κ1) is 49.6. The highest BCUT2D eigenvalue weighted by Crippen LogP contribution is 2.31. The highest BCUT2D eigenvalue weighted by Gasteiger charge is 2.52. The zero-order valence-corrected chi connectivity index (χ0v) is 33.6. The summed E-state index contributed by atoms with van der Waals surface area (Å²) in [7, 11) is 0. The second-order valence-electron chi connectivity index (χ2n) is 14.8. The molecule has 0 amide bonds. The molecular weight excluding hydrogens is 945 g/mol. The molecule has 7 rings (SSSR count). The molecule has 67 heavy (non-hydrogen) atoms. The van der Waals surface area contributed by atoms with Crippen molar-refractivity contribution in [2.75, 3.05) is 0 Å². The monoisotopic (exact) mass is 967 g/mol. The lowest BCUT2D eigenvalue weighted by molar-refractivity contribution is -0.677. The molecule has 0 spiro atoms. The molecule has 1 nitrogen and oxygen atoms in total. The maximum Gasteiger partial charge on any atom is 0.213 e. The fraction of sp³-hybridized carbons (Fsp3) is 0.0889. The van der Waals surface area contributed by atoms with E-state index in [0.29, 0.717) is 0 Å². The predicted molar refractivity (Wildman–Crippen MR) is 201 cm³/mol. The summed E-state index contributed by atoms with van der Waals surface area (Å²) in [6, 6.07) is 21.6. The summed E-state index contributed by atoms with van der Waals surface area (Å²) in [6.45, 7) is 7.46. The number of nitrogens with zero attached hydrogens (tertiary/aromatic N) is 1. The van der Waals surface area contributed by atoms with Crippen molar-refractivity contribution in [2.45, 2.75) is 27.3 Å². The lowest BCUT2D eigenvalue weighted by Crippen LogP contribution is -2.81. The Bertz CT molecular complexity index is 2730. The van der Waals surface area contributed by atoms with Crippen LogP contribution in [0.25, 0.3) is 11.3 Å². The van der Waals surface area contributed by atoms with Gasteiger partial charge < -0.3 is 0 Å². The van der Waals surface area contributed by atoms with Gasteiger partial charge in [-0.25, -0.2) is 87.8 Å². The topological polar surface area (TPSA) is 3.88 Å². The fourth-order valence-corrected chi connectivity index (χ4v) is 8.08. The maximum absolute atomic E-state index is 15.4. The second-order valence-corrected chi connectivity index (χ2v) is 14.8. The van der Waals surface area contributed by atoms with Crippen molar-refractivity contribution in [2.24, 2.45) is 0 Å². The molecule has 0 N–H and O–H groups in total. The van der Waals surface area contributed by atoms with Crippen molar-refractivity contribution in [1.29, 1.82) is 0 Å². The number of aromatic nitrogens is 1. The van der Waals surface area contributed by atoms with Gasteiger partial charge in [0.05, 0.1) is 5.56 Å². The van der Waals surface area contributed by atoms with Crippen LogP contribution in [-0.2, 0) is 6.54 Å². The zero-order valence-electron chi connectivity index (χ0n) is 33.6. The van der Waals surface area contributed by atoms with Crippen molar-refractivity contribution in [1.82, 2.24) is 0 Å². The number of hydrogen-bond acceptors (Lipinski definition) is 0. The van der Waals surface area contributed by atoms with E-state index in [-0.39, 0.29) is 0 Å². The van der Waals surface area contributed by atoms with Gasteiger partial charge in [-0.1, -0.05) is 48.0 Å². The third-order valence-electron chi connectivity index (χ3n) is 10.8. The van der Waals surface area contributed by atoms with Gasteiger partial charge in [-0.2, -0.15) is 4.57 Å². The summed E-state index contributed by atoms with van der Waals surface area (Å²) in [6.07, 6.45) is -5.05. The molecule has 0 aliphatic carbocycles. The number of hydrogen-bond donors (Lipinski definition) is 0. The third-order valence-corrected chi connectivity index (χ3v) is 10.8. The van der Waals surface area contributed by atoms with Crippen LogP contribution in [0.15, 0.2) is 66.9 Å². The summed E-state index contributed by atoms with van der Waals surface area (Å²) >= 11 is 0. The van der Waals surface area contributed by atoms with Gasteiger partial charge in [0, 0.05) is 17.7 Å². The quantitative estimate of drug-likeness (QED) is 0.0493. The smallest absolute Gasteiger partial charge is 0.207 e. The van der Waals surface area contributed by atoms with Gasteiger partial charge in [-0.15, -0.1) is 21.9 Å². The Kier molecular flexibility index (Phi) is 13.6. The number of pyridine rings is 1. The van der Waals surface area contributed by atoms with E-state index in [1.807, 2.05) is 0 Å².